The second kappa shape index (κ2) is 5.96. The molecule has 0 atom stereocenters. The van der Waals surface area contributed by atoms with E-state index in [1.807, 2.05) is 0 Å². The minimum Gasteiger partial charge on any atom is -0.476 e. The van der Waals surface area contributed by atoms with Gasteiger partial charge in [-0.15, -0.1) is 0 Å². The summed E-state index contributed by atoms with van der Waals surface area (Å²) in [5.41, 5.74) is 0.889. The monoisotopic (exact) mass is 294 g/mol. The van der Waals surface area contributed by atoms with E-state index >= 15 is 0 Å². The molecule has 0 radical (unpaired) electrons. The van der Waals surface area contributed by atoms with Crippen molar-refractivity contribution < 1.29 is 17.9 Å². The fourth-order valence-corrected chi connectivity index (χ4v) is 1.72. The molecule has 2 rings (SSSR count). The van der Waals surface area contributed by atoms with E-state index in [0.717, 1.165) is 5.56 Å². The lowest BCUT2D eigenvalue weighted by atomic mass is 10.3. The lowest BCUT2D eigenvalue weighted by Gasteiger charge is -2.10. The van der Waals surface area contributed by atoms with Gasteiger partial charge in [0.1, 0.15) is 5.02 Å². The molecule has 0 aliphatic heterocycles. The van der Waals surface area contributed by atoms with Gasteiger partial charge in [0.2, 0.25) is 5.88 Å². The van der Waals surface area contributed by atoms with Crippen LogP contribution in [0.4, 0.5) is 13.2 Å². The number of ether oxygens (including phenoxy) is 1. The van der Waals surface area contributed by atoms with E-state index in [9.17, 15) is 13.2 Å². The van der Waals surface area contributed by atoms with Crippen molar-refractivity contribution in [2.24, 2.45) is 0 Å². The summed E-state index contributed by atoms with van der Waals surface area (Å²) in [4.78, 5) is 3.93. The van der Waals surface area contributed by atoms with Gasteiger partial charge in [-0.2, -0.15) is 13.2 Å². The highest BCUT2D eigenvalue weighted by Gasteiger charge is 2.27. The Morgan fingerprint density at radius 2 is 2.16 bits per heavy atom. The smallest absolute Gasteiger partial charge is 0.392 e. The maximum absolute atomic E-state index is 12.0. The zero-order valence-corrected chi connectivity index (χ0v) is 10.9. The van der Waals surface area contributed by atoms with Crippen molar-refractivity contribution in [3.63, 3.8) is 0 Å². The number of rotatable bonds is 6. The molecule has 1 saturated carbocycles. The topological polar surface area (TPSA) is 34.1 Å². The van der Waals surface area contributed by atoms with E-state index in [4.69, 9.17) is 16.3 Å². The summed E-state index contributed by atoms with van der Waals surface area (Å²) in [6.07, 6.45) is -1.33. The molecule has 1 fully saturated rings. The molecule has 0 bridgehead atoms. The first-order valence-corrected chi connectivity index (χ1v) is 6.39. The molecule has 1 heterocycles. The van der Waals surface area contributed by atoms with E-state index in [0.29, 0.717) is 12.6 Å². The molecule has 7 heteroatoms. The van der Waals surface area contributed by atoms with Crippen LogP contribution in [0.3, 0.4) is 0 Å². The van der Waals surface area contributed by atoms with Gasteiger partial charge in [-0.1, -0.05) is 11.6 Å². The molecular formula is C12H14ClF3N2O. The standard InChI is InChI=1S/C12H14ClF3N2O/c13-10-5-8(6-17-9-1-2-9)7-18-11(10)19-4-3-12(14,15)16/h5,7,9,17H,1-4,6H2. The largest absolute Gasteiger partial charge is 0.476 e. The van der Waals surface area contributed by atoms with E-state index in [-0.39, 0.29) is 10.9 Å². The molecule has 0 saturated heterocycles. The highest BCUT2D eigenvalue weighted by molar-refractivity contribution is 6.31. The Hall–Kier alpha value is -1.01. The number of hydrogen-bond donors (Lipinski definition) is 1. The zero-order valence-electron chi connectivity index (χ0n) is 10.1. The number of aromatic nitrogens is 1. The van der Waals surface area contributed by atoms with Gasteiger partial charge in [0, 0.05) is 18.8 Å². The van der Waals surface area contributed by atoms with Crippen molar-refractivity contribution >= 4 is 11.6 Å². The highest BCUT2D eigenvalue weighted by atomic mass is 35.5. The summed E-state index contributed by atoms with van der Waals surface area (Å²) < 4.78 is 40.8. The molecule has 0 amide bonds. The summed E-state index contributed by atoms with van der Waals surface area (Å²) in [6, 6.07) is 2.23. The van der Waals surface area contributed by atoms with Crippen molar-refractivity contribution in [3.8, 4) is 5.88 Å². The summed E-state index contributed by atoms with van der Waals surface area (Å²) in [7, 11) is 0. The van der Waals surface area contributed by atoms with Crippen molar-refractivity contribution in [1.29, 1.82) is 0 Å². The Bertz CT molecular complexity index is 435. The van der Waals surface area contributed by atoms with E-state index in [1.165, 1.54) is 12.8 Å². The number of halogens is 4. The van der Waals surface area contributed by atoms with Crippen molar-refractivity contribution in [1.82, 2.24) is 10.3 Å². The molecule has 1 aromatic heterocycles. The quantitative estimate of drug-likeness (QED) is 0.874. The Kier molecular flexibility index (Phi) is 4.52. The van der Waals surface area contributed by atoms with Crippen LogP contribution in [-0.2, 0) is 6.54 Å². The van der Waals surface area contributed by atoms with Crippen LogP contribution in [0.25, 0.3) is 0 Å². The van der Waals surface area contributed by atoms with Gasteiger partial charge in [0.15, 0.2) is 0 Å². The Morgan fingerprint density at radius 3 is 2.74 bits per heavy atom. The fourth-order valence-electron chi connectivity index (χ4n) is 1.48. The average Bonchev–Trinajstić information content (AvgIpc) is 3.11. The van der Waals surface area contributed by atoms with Gasteiger partial charge in [0.25, 0.3) is 0 Å². The minimum absolute atomic E-state index is 0.0427. The Labute approximate surface area is 114 Å². The molecule has 1 aliphatic rings. The van der Waals surface area contributed by atoms with Crippen LogP contribution < -0.4 is 10.1 Å². The molecule has 0 spiro atoms. The molecule has 1 aromatic rings. The van der Waals surface area contributed by atoms with Crippen LogP contribution in [-0.4, -0.2) is 23.8 Å². The molecule has 19 heavy (non-hydrogen) atoms. The summed E-state index contributed by atoms with van der Waals surface area (Å²) in [5.74, 6) is 0.0427. The van der Waals surface area contributed by atoms with Crippen molar-refractivity contribution in [3.05, 3.63) is 22.8 Å². The number of nitrogens with zero attached hydrogens (tertiary/aromatic N) is 1. The normalized spacial score (nSPS) is 15.6. The van der Waals surface area contributed by atoms with Crippen LogP contribution in [0.15, 0.2) is 12.3 Å². The van der Waals surface area contributed by atoms with Crippen molar-refractivity contribution in [2.75, 3.05) is 6.61 Å². The SMILES string of the molecule is FC(F)(F)CCOc1ncc(CNC2CC2)cc1Cl. The molecular weight excluding hydrogens is 281 g/mol. The van der Waals surface area contributed by atoms with Crippen LogP contribution in [0, 0.1) is 0 Å². The van der Waals surface area contributed by atoms with Crippen LogP contribution >= 0.6 is 11.6 Å². The van der Waals surface area contributed by atoms with Crippen molar-refractivity contribution in [2.45, 2.75) is 38.0 Å². The van der Waals surface area contributed by atoms with Crippen LogP contribution in [0.2, 0.25) is 5.02 Å². The number of nitrogens with one attached hydrogen (secondary N) is 1. The number of pyridine rings is 1. The van der Waals surface area contributed by atoms with E-state index in [2.05, 4.69) is 10.3 Å². The zero-order chi connectivity index (χ0) is 13.9. The minimum atomic E-state index is -4.24. The van der Waals surface area contributed by atoms with Gasteiger partial charge in [-0.25, -0.2) is 4.98 Å². The predicted molar refractivity (Wildman–Crippen MR) is 65.3 cm³/mol. The van der Waals surface area contributed by atoms with Gasteiger partial charge < -0.3 is 10.1 Å². The Balaban J connectivity index is 1.83. The highest BCUT2D eigenvalue weighted by Crippen LogP contribution is 2.25. The van der Waals surface area contributed by atoms with Gasteiger partial charge in [-0.3, -0.25) is 0 Å². The van der Waals surface area contributed by atoms with Gasteiger partial charge >= 0.3 is 6.18 Å². The molecule has 1 N–H and O–H groups in total. The second-order valence-electron chi connectivity index (χ2n) is 4.50. The van der Waals surface area contributed by atoms with Gasteiger partial charge in [-0.05, 0) is 24.5 Å². The first-order chi connectivity index (χ1) is 8.94. The molecule has 3 nitrogen and oxygen atoms in total. The molecule has 0 aromatic carbocycles. The summed E-state index contributed by atoms with van der Waals surface area (Å²) >= 11 is 5.91. The number of alkyl halides is 3. The third-order valence-corrected chi connectivity index (χ3v) is 2.93. The van der Waals surface area contributed by atoms with E-state index < -0.39 is 19.2 Å². The average molecular weight is 295 g/mol. The first-order valence-electron chi connectivity index (χ1n) is 6.01. The summed E-state index contributed by atoms with van der Waals surface area (Å²) in [5, 5.41) is 3.53. The lowest BCUT2D eigenvalue weighted by molar-refractivity contribution is -0.139. The molecule has 1 aliphatic carbocycles. The fraction of sp³-hybridized carbons (Fsp3) is 0.583. The van der Waals surface area contributed by atoms with Crippen LogP contribution in [0.5, 0.6) is 5.88 Å². The maximum Gasteiger partial charge on any atom is 0.392 e. The molecule has 0 unspecified atom stereocenters. The third-order valence-electron chi connectivity index (χ3n) is 2.66. The molecule has 106 valence electrons. The lowest BCUT2D eigenvalue weighted by Crippen LogP contribution is -2.16. The third kappa shape index (κ3) is 5.24. The maximum atomic E-state index is 12.0. The predicted octanol–water partition coefficient (Wildman–Crippen LogP) is 3.32. The second-order valence-corrected chi connectivity index (χ2v) is 4.91. The van der Waals surface area contributed by atoms with Crippen LogP contribution in [0.1, 0.15) is 24.8 Å². The number of hydrogen-bond acceptors (Lipinski definition) is 3. The Morgan fingerprint density at radius 1 is 1.42 bits per heavy atom. The van der Waals surface area contributed by atoms with E-state index in [1.54, 1.807) is 12.3 Å². The van der Waals surface area contributed by atoms with Gasteiger partial charge in [0.05, 0.1) is 13.0 Å². The summed E-state index contributed by atoms with van der Waals surface area (Å²) in [6.45, 7) is 0.177. The first kappa shape index (κ1) is 14.4.